The standard InChI is InChI=1S/C20H20/c1-5-13-7-2-8-14(13)6(1)18-10-3-9-15-11-4-12(16(10)15)20(8,18)19(7,11)17(5,9)18/h5-16H,1-4H2/t5-,6?,7+,8?,9+,10?,11-,12?,13?,14?,15?,16?,17?,18?,19?,20?. The third kappa shape index (κ3) is 0.265. The molecule has 13 saturated carbocycles. The van der Waals surface area contributed by atoms with Crippen molar-refractivity contribution in [2.24, 2.45) is 92.7 Å². The highest BCUT2D eigenvalue weighted by atomic mass is 15.2. The molecule has 0 aromatic heterocycles. The Bertz CT molecular complexity index is 576. The fraction of sp³-hybridized carbons (Fsp3) is 1.00. The van der Waals surface area contributed by atoms with Crippen LogP contribution in [0.1, 0.15) is 25.7 Å². The molecule has 13 fully saturated rings. The molecule has 8 bridgehead atoms. The van der Waals surface area contributed by atoms with Crippen LogP contribution in [-0.2, 0) is 0 Å². The molecule has 12 unspecified atom stereocenters. The summed E-state index contributed by atoms with van der Waals surface area (Å²) in [7, 11) is 0. The lowest BCUT2D eigenvalue weighted by Gasteiger charge is -2.74. The van der Waals surface area contributed by atoms with Crippen LogP contribution in [0.25, 0.3) is 0 Å². The average molecular weight is 260 g/mol. The molecule has 0 aromatic rings. The van der Waals surface area contributed by atoms with E-state index < -0.39 is 0 Å². The van der Waals surface area contributed by atoms with Crippen molar-refractivity contribution in [3.05, 3.63) is 0 Å². The summed E-state index contributed by atoms with van der Waals surface area (Å²) < 4.78 is 0. The van der Waals surface area contributed by atoms with Crippen LogP contribution in [0.3, 0.4) is 0 Å². The van der Waals surface area contributed by atoms with Crippen LogP contribution in [-0.4, -0.2) is 0 Å². The Kier molecular flexibility index (Phi) is 0.603. The lowest BCUT2D eigenvalue weighted by atomic mass is 9.28. The Morgan fingerprint density at radius 3 is 0.750 bits per heavy atom. The first-order valence-electron chi connectivity index (χ1n) is 9.91. The number of hydrogen-bond acceptors (Lipinski definition) is 0. The monoisotopic (exact) mass is 260 g/mol. The van der Waals surface area contributed by atoms with Crippen LogP contribution in [0.2, 0.25) is 0 Å². The third-order valence-electron chi connectivity index (χ3n) is 14.1. The third-order valence-corrected chi connectivity index (χ3v) is 14.1. The topological polar surface area (TPSA) is 0 Å². The van der Waals surface area contributed by atoms with Gasteiger partial charge in [-0.25, -0.2) is 0 Å². The summed E-state index contributed by atoms with van der Waals surface area (Å²) >= 11 is 0. The summed E-state index contributed by atoms with van der Waals surface area (Å²) in [6.45, 7) is 0. The first-order chi connectivity index (χ1) is 9.91. The van der Waals surface area contributed by atoms with E-state index in [0.29, 0.717) is 0 Å². The zero-order valence-electron chi connectivity index (χ0n) is 11.8. The van der Waals surface area contributed by atoms with Gasteiger partial charge in [0.2, 0.25) is 0 Å². The summed E-state index contributed by atoms with van der Waals surface area (Å²) in [5, 5.41) is 0. The molecule has 0 heterocycles. The predicted molar refractivity (Wildman–Crippen MR) is 70.1 cm³/mol. The Balaban J connectivity index is 1.59. The summed E-state index contributed by atoms with van der Waals surface area (Å²) in [5.41, 5.74) is 4.18. The van der Waals surface area contributed by atoms with E-state index in [1.807, 2.05) is 0 Å². The van der Waals surface area contributed by atoms with Gasteiger partial charge in [0.15, 0.2) is 0 Å². The number of hydrogen-bond donors (Lipinski definition) is 0. The van der Waals surface area contributed by atoms with Crippen molar-refractivity contribution < 1.29 is 0 Å². The summed E-state index contributed by atoms with van der Waals surface area (Å²) in [5.74, 6) is 15.7. The zero-order chi connectivity index (χ0) is 11.8. The molecule has 4 spiro atoms. The van der Waals surface area contributed by atoms with Gasteiger partial charge < -0.3 is 0 Å². The fourth-order valence-electron chi connectivity index (χ4n) is 16.8. The largest absolute Gasteiger partial charge is 0.0459 e. The highest BCUT2D eigenvalue weighted by Gasteiger charge is 3.19. The smallest absolute Gasteiger partial charge is 0.00996 e. The lowest BCUT2D eigenvalue weighted by Crippen LogP contribution is -2.73. The molecule has 0 aliphatic heterocycles. The van der Waals surface area contributed by atoms with E-state index in [-0.39, 0.29) is 0 Å². The highest BCUT2D eigenvalue weighted by molar-refractivity contribution is 5.65. The molecule has 0 N–H and O–H groups in total. The second-order valence-corrected chi connectivity index (χ2v) is 11.6. The molecule has 0 amide bonds. The fourth-order valence-corrected chi connectivity index (χ4v) is 16.8. The molecule has 0 saturated heterocycles. The Morgan fingerprint density at radius 1 is 0.350 bits per heavy atom. The highest BCUT2D eigenvalue weighted by Crippen LogP contribution is 3.22. The van der Waals surface area contributed by atoms with Crippen LogP contribution in [0.15, 0.2) is 0 Å². The molecule has 0 heteroatoms. The summed E-state index contributed by atoms with van der Waals surface area (Å²) in [4.78, 5) is 0. The van der Waals surface area contributed by atoms with Crippen molar-refractivity contribution in [2.75, 3.05) is 0 Å². The molecule has 13 aliphatic carbocycles. The van der Waals surface area contributed by atoms with Crippen LogP contribution >= 0.6 is 0 Å². The van der Waals surface area contributed by atoms with Gasteiger partial charge in [0.1, 0.15) is 0 Å². The van der Waals surface area contributed by atoms with Crippen LogP contribution < -0.4 is 0 Å². The first-order valence-corrected chi connectivity index (χ1v) is 9.91. The molecule has 0 nitrogen and oxygen atoms in total. The van der Waals surface area contributed by atoms with Gasteiger partial charge in [-0.3, -0.25) is 0 Å². The van der Waals surface area contributed by atoms with E-state index in [1.54, 1.807) is 25.7 Å². The molecule has 0 aromatic carbocycles. The predicted octanol–water partition coefficient (Wildman–Crippen LogP) is 3.04. The first kappa shape index (κ1) is 8.02. The van der Waals surface area contributed by atoms with Gasteiger partial charge in [-0.2, -0.15) is 0 Å². The average Bonchev–Trinajstić information content (AvgIpc) is 3.09. The molecule has 20 heavy (non-hydrogen) atoms. The molecule has 13 rings (SSSR count). The Morgan fingerprint density at radius 2 is 0.550 bits per heavy atom. The van der Waals surface area contributed by atoms with Crippen molar-refractivity contribution in [3.63, 3.8) is 0 Å². The summed E-state index contributed by atoms with van der Waals surface area (Å²) in [6, 6.07) is 0. The minimum Gasteiger partial charge on any atom is -0.0459 e. The van der Waals surface area contributed by atoms with Crippen molar-refractivity contribution in [1.82, 2.24) is 0 Å². The van der Waals surface area contributed by atoms with Gasteiger partial charge in [-0.05, 0) is 118 Å². The zero-order valence-corrected chi connectivity index (χ0v) is 11.8. The van der Waals surface area contributed by atoms with Crippen molar-refractivity contribution in [3.8, 4) is 0 Å². The van der Waals surface area contributed by atoms with Crippen LogP contribution in [0.4, 0.5) is 0 Å². The van der Waals surface area contributed by atoms with Gasteiger partial charge in [0.05, 0.1) is 0 Å². The van der Waals surface area contributed by atoms with E-state index >= 15 is 0 Å². The normalized spacial score (nSPS) is 108. The van der Waals surface area contributed by atoms with E-state index in [2.05, 4.69) is 0 Å². The van der Waals surface area contributed by atoms with Gasteiger partial charge in [-0.1, -0.05) is 0 Å². The van der Waals surface area contributed by atoms with E-state index in [4.69, 9.17) is 0 Å². The minimum absolute atomic E-state index is 1.05. The van der Waals surface area contributed by atoms with E-state index in [0.717, 1.165) is 21.7 Å². The van der Waals surface area contributed by atoms with Gasteiger partial charge in [0.25, 0.3) is 0 Å². The van der Waals surface area contributed by atoms with Crippen molar-refractivity contribution in [2.45, 2.75) is 25.7 Å². The van der Waals surface area contributed by atoms with E-state index in [1.165, 1.54) is 71.0 Å². The maximum absolute atomic E-state index is 1.78. The molecular weight excluding hydrogens is 240 g/mol. The molecule has 0 radical (unpaired) electrons. The maximum Gasteiger partial charge on any atom is -0.00996 e. The van der Waals surface area contributed by atoms with Crippen molar-refractivity contribution in [1.29, 1.82) is 0 Å². The van der Waals surface area contributed by atoms with Gasteiger partial charge in [0, 0.05) is 0 Å². The van der Waals surface area contributed by atoms with Crippen LogP contribution in [0.5, 0.6) is 0 Å². The maximum atomic E-state index is 1.78. The Hall–Kier alpha value is 0. The van der Waals surface area contributed by atoms with Gasteiger partial charge >= 0.3 is 0 Å². The second kappa shape index (κ2) is 1.50. The summed E-state index contributed by atoms with van der Waals surface area (Å²) in [6.07, 6.45) is 7.10. The second-order valence-electron chi connectivity index (χ2n) is 11.6. The van der Waals surface area contributed by atoms with Crippen molar-refractivity contribution >= 4 is 0 Å². The Labute approximate surface area is 119 Å². The molecule has 13 aliphatic rings. The molecular formula is C20H20. The minimum atomic E-state index is 1.05. The lowest BCUT2D eigenvalue weighted by molar-refractivity contribution is -0.297. The van der Waals surface area contributed by atoms with Crippen LogP contribution in [0, 0.1) is 92.7 Å². The number of rotatable bonds is 0. The van der Waals surface area contributed by atoms with Gasteiger partial charge in [-0.15, -0.1) is 0 Å². The molecule has 100 valence electrons. The molecule has 16 atom stereocenters. The SMILES string of the molecule is C1C2C3C4[C@@H]1C15[C@H]6CC7C8C6[C@H]6CC8C8(C3C[C@@H]4C681)C275. The quantitative estimate of drug-likeness (QED) is 0.628. The van der Waals surface area contributed by atoms with E-state index in [9.17, 15) is 0 Å².